The Balaban J connectivity index is 1.75. The summed E-state index contributed by atoms with van der Waals surface area (Å²) in [6.07, 6.45) is 4.77. The zero-order chi connectivity index (χ0) is 15.7. The minimum Gasteiger partial charge on any atom is -0.389 e. The van der Waals surface area contributed by atoms with Crippen molar-refractivity contribution in [2.24, 2.45) is 0 Å². The molecule has 1 saturated carbocycles. The predicted octanol–water partition coefficient (Wildman–Crippen LogP) is 1.28. The van der Waals surface area contributed by atoms with Gasteiger partial charge in [-0.2, -0.15) is 5.10 Å². The number of aryl methyl sites for hydroxylation is 1. The van der Waals surface area contributed by atoms with Crippen molar-refractivity contribution in [1.82, 2.24) is 14.7 Å². The molecule has 22 heavy (non-hydrogen) atoms. The number of nitrogens with zero attached hydrogens (tertiary/aromatic N) is 3. The van der Waals surface area contributed by atoms with E-state index in [1.807, 2.05) is 15.8 Å². The van der Waals surface area contributed by atoms with Gasteiger partial charge in [0.25, 0.3) is 0 Å². The van der Waals surface area contributed by atoms with E-state index in [-0.39, 0.29) is 18.2 Å². The van der Waals surface area contributed by atoms with Gasteiger partial charge in [0.15, 0.2) is 0 Å². The van der Waals surface area contributed by atoms with Gasteiger partial charge >= 0.3 is 0 Å². The first-order chi connectivity index (χ1) is 10.5. The molecule has 2 aliphatic rings. The van der Waals surface area contributed by atoms with Crippen molar-refractivity contribution in [1.29, 1.82) is 0 Å². The number of rotatable bonds is 5. The molecule has 1 fully saturated rings. The number of carbonyl (C=O) groups is 1. The van der Waals surface area contributed by atoms with Crippen LogP contribution in [0.3, 0.4) is 0 Å². The third-order valence-corrected chi connectivity index (χ3v) is 4.87. The fourth-order valence-electron chi connectivity index (χ4n) is 3.41. The molecule has 1 unspecified atom stereocenters. The van der Waals surface area contributed by atoms with Crippen LogP contribution < -0.4 is 0 Å². The number of methoxy groups -OCH3 is 1. The molecule has 2 heterocycles. The molecule has 6 heteroatoms. The molecule has 1 aromatic rings. The zero-order valence-electron chi connectivity index (χ0n) is 13.4. The molecule has 0 aromatic carbocycles. The lowest BCUT2D eigenvalue weighted by molar-refractivity contribution is -0.141. The van der Waals surface area contributed by atoms with Gasteiger partial charge in [-0.3, -0.25) is 9.48 Å². The quantitative estimate of drug-likeness (QED) is 0.890. The molecular weight excluding hydrogens is 282 g/mol. The lowest BCUT2D eigenvalue weighted by Gasteiger charge is -2.39. The van der Waals surface area contributed by atoms with Crippen LogP contribution in [0.15, 0.2) is 6.20 Å². The third-order valence-electron chi connectivity index (χ3n) is 4.87. The van der Waals surface area contributed by atoms with Crippen LogP contribution in [0.4, 0.5) is 0 Å². The van der Waals surface area contributed by atoms with E-state index >= 15 is 0 Å². The van der Waals surface area contributed by atoms with Crippen molar-refractivity contribution in [3.63, 3.8) is 0 Å². The first-order valence-corrected chi connectivity index (χ1v) is 8.10. The highest BCUT2D eigenvalue weighted by molar-refractivity contribution is 5.77. The number of hydrogen-bond donors (Lipinski definition) is 1. The van der Waals surface area contributed by atoms with Crippen LogP contribution in [0.1, 0.15) is 49.8 Å². The standard InChI is InChI=1S/C16H25N3O3/c1-3-19-10-12-8-18(9-13(11-22-2)15(12)17-19)14(20)7-16(21)5-4-6-16/h10,13,21H,3-9,11H2,1-2H3. The normalized spacial score (nSPS) is 23.0. The Morgan fingerprint density at radius 2 is 2.32 bits per heavy atom. The monoisotopic (exact) mass is 307 g/mol. The Morgan fingerprint density at radius 1 is 1.55 bits per heavy atom. The summed E-state index contributed by atoms with van der Waals surface area (Å²) in [7, 11) is 1.67. The highest BCUT2D eigenvalue weighted by atomic mass is 16.5. The van der Waals surface area contributed by atoms with Gasteiger partial charge in [-0.25, -0.2) is 0 Å². The topological polar surface area (TPSA) is 67.6 Å². The van der Waals surface area contributed by atoms with E-state index in [1.165, 1.54) is 0 Å². The van der Waals surface area contributed by atoms with Gasteiger partial charge in [-0.1, -0.05) is 0 Å². The second-order valence-electron chi connectivity index (χ2n) is 6.58. The van der Waals surface area contributed by atoms with Crippen LogP contribution in [-0.2, 0) is 22.6 Å². The fourth-order valence-corrected chi connectivity index (χ4v) is 3.41. The van der Waals surface area contributed by atoms with E-state index < -0.39 is 5.60 Å². The number of aliphatic hydroxyl groups is 1. The van der Waals surface area contributed by atoms with Gasteiger partial charge in [-0.15, -0.1) is 0 Å². The number of carbonyl (C=O) groups excluding carboxylic acids is 1. The van der Waals surface area contributed by atoms with Crippen molar-refractivity contribution in [2.75, 3.05) is 20.3 Å². The summed E-state index contributed by atoms with van der Waals surface area (Å²) in [6, 6.07) is 0. The average Bonchev–Trinajstić information content (AvgIpc) is 2.89. The molecular formula is C16H25N3O3. The SMILES string of the molecule is CCn1cc2c(n1)C(COC)CN(C(=O)CC1(O)CCC1)C2. The molecule has 6 nitrogen and oxygen atoms in total. The van der Waals surface area contributed by atoms with E-state index in [0.717, 1.165) is 37.1 Å². The summed E-state index contributed by atoms with van der Waals surface area (Å²) >= 11 is 0. The molecule has 0 bridgehead atoms. The lowest BCUT2D eigenvalue weighted by Crippen LogP contribution is -2.46. The average molecular weight is 307 g/mol. The summed E-state index contributed by atoms with van der Waals surface area (Å²) in [5.41, 5.74) is 1.39. The Hall–Kier alpha value is -1.40. The molecule has 3 rings (SSSR count). The minimum absolute atomic E-state index is 0.0400. The maximum atomic E-state index is 12.5. The summed E-state index contributed by atoms with van der Waals surface area (Å²) in [4.78, 5) is 14.4. The van der Waals surface area contributed by atoms with Crippen LogP contribution in [0.2, 0.25) is 0 Å². The molecule has 0 spiro atoms. The minimum atomic E-state index is -0.762. The Labute approximate surface area is 131 Å². The van der Waals surface area contributed by atoms with Gasteiger partial charge in [-0.05, 0) is 26.2 Å². The molecule has 1 aromatic heterocycles. The number of hydrogen-bond acceptors (Lipinski definition) is 4. The molecule has 122 valence electrons. The highest BCUT2D eigenvalue weighted by Crippen LogP contribution is 2.36. The molecule has 1 aliphatic carbocycles. The van der Waals surface area contributed by atoms with Crippen molar-refractivity contribution in [3.8, 4) is 0 Å². The molecule has 1 N–H and O–H groups in total. The molecule has 0 radical (unpaired) electrons. The van der Waals surface area contributed by atoms with E-state index in [2.05, 4.69) is 12.0 Å². The summed E-state index contributed by atoms with van der Waals surface area (Å²) in [5, 5.41) is 14.8. The Kier molecular flexibility index (Phi) is 4.23. The number of fused-ring (bicyclic) bond motifs is 1. The van der Waals surface area contributed by atoms with Crippen molar-refractivity contribution in [3.05, 3.63) is 17.5 Å². The summed E-state index contributed by atoms with van der Waals surface area (Å²) < 4.78 is 7.22. The number of ether oxygens (including phenoxy) is 1. The largest absolute Gasteiger partial charge is 0.389 e. The van der Waals surface area contributed by atoms with Gasteiger partial charge in [0, 0.05) is 44.4 Å². The smallest absolute Gasteiger partial charge is 0.225 e. The van der Waals surface area contributed by atoms with E-state index in [4.69, 9.17) is 4.74 Å². The van der Waals surface area contributed by atoms with Crippen molar-refractivity contribution in [2.45, 2.75) is 57.2 Å². The van der Waals surface area contributed by atoms with Crippen LogP contribution in [0.5, 0.6) is 0 Å². The first kappa shape index (κ1) is 15.5. The second-order valence-corrected chi connectivity index (χ2v) is 6.58. The Bertz CT molecular complexity index is 551. The maximum absolute atomic E-state index is 12.5. The highest BCUT2D eigenvalue weighted by Gasteiger charge is 2.39. The van der Waals surface area contributed by atoms with Crippen LogP contribution in [0, 0.1) is 0 Å². The van der Waals surface area contributed by atoms with Crippen LogP contribution >= 0.6 is 0 Å². The van der Waals surface area contributed by atoms with E-state index in [1.54, 1.807) is 7.11 Å². The van der Waals surface area contributed by atoms with Gasteiger partial charge in [0.2, 0.25) is 5.91 Å². The van der Waals surface area contributed by atoms with Gasteiger partial charge < -0.3 is 14.7 Å². The fraction of sp³-hybridized carbons (Fsp3) is 0.750. The van der Waals surface area contributed by atoms with Gasteiger partial charge in [0.05, 0.1) is 24.3 Å². The first-order valence-electron chi connectivity index (χ1n) is 8.10. The molecule has 1 aliphatic heterocycles. The number of amides is 1. The van der Waals surface area contributed by atoms with E-state index in [9.17, 15) is 9.90 Å². The molecule has 1 atom stereocenters. The molecule has 1 amide bonds. The maximum Gasteiger partial charge on any atom is 0.225 e. The Morgan fingerprint density at radius 3 is 2.91 bits per heavy atom. The zero-order valence-corrected chi connectivity index (χ0v) is 13.4. The second kappa shape index (κ2) is 6.01. The third kappa shape index (κ3) is 2.90. The predicted molar refractivity (Wildman–Crippen MR) is 81.4 cm³/mol. The van der Waals surface area contributed by atoms with Crippen molar-refractivity contribution < 1.29 is 14.6 Å². The van der Waals surface area contributed by atoms with Gasteiger partial charge in [0.1, 0.15) is 0 Å². The van der Waals surface area contributed by atoms with Crippen LogP contribution in [0.25, 0.3) is 0 Å². The lowest BCUT2D eigenvalue weighted by atomic mass is 9.77. The van der Waals surface area contributed by atoms with Crippen LogP contribution in [-0.4, -0.2) is 51.6 Å². The van der Waals surface area contributed by atoms with Crippen molar-refractivity contribution >= 4 is 5.91 Å². The molecule has 0 saturated heterocycles. The number of aromatic nitrogens is 2. The van der Waals surface area contributed by atoms with E-state index in [0.29, 0.717) is 19.7 Å². The summed E-state index contributed by atoms with van der Waals surface area (Å²) in [5.74, 6) is 0.153. The summed E-state index contributed by atoms with van der Waals surface area (Å²) in [6.45, 7) is 4.64.